The van der Waals surface area contributed by atoms with Crippen molar-refractivity contribution in [3.63, 3.8) is 0 Å². The van der Waals surface area contributed by atoms with Crippen LogP contribution in [0.4, 0.5) is 5.69 Å². The highest BCUT2D eigenvalue weighted by atomic mass is 79.9. The van der Waals surface area contributed by atoms with Gasteiger partial charge in [0, 0.05) is 16.2 Å². The average molecular weight is 326 g/mol. The third kappa shape index (κ3) is 3.72. The van der Waals surface area contributed by atoms with E-state index >= 15 is 0 Å². The summed E-state index contributed by atoms with van der Waals surface area (Å²) in [5.74, 6) is 0.510. The summed E-state index contributed by atoms with van der Waals surface area (Å²) >= 11 is 3.32. The lowest BCUT2D eigenvalue weighted by molar-refractivity contribution is 0.0698. The summed E-state index contributed by atoms with van der Waals surface area (Å²) in [7, 11) is 0. The number of carboxylic acid groups (broad SMARTS) is 1. The third-order valence-electron chi connectivity index (χ3n) is 3.75. The third-order valence-corrected chi connectivity index (χ3v) is 4.24. The second kappa shape index (κ2) is 5.95. The van der Waals surface area contributed by atoms with Crippen LogP contribution in [0.15, 0.2) is 22.7 Å². The van der Waals surface area contributed by atoms with E-state index in [1.165, 1.54) is 6.42 Å². The lowest BCUT2D eigenvalue weighted by Crippen LogP contribution is -2.30. The molecule has 4 heteroatoms. The number of carbonyl (C=O) groups is 1. The predicted molar refractivity (Wildman–Crippen MR) is 80.7 cm³/mol. The Morgan fingerprint density at radius 2 is 1.89 bits per heavy atom. The van der Waals surface area contributed by atoms with Crippen LogP contribution in [-0.4, -0.2) is 17.1 Å². The second-order valence-electron chi connectivity index (χ2n) is 5.75. The van der Waals surface area contributed by atoms with Crippen molar-refractivity contribution < 1.29 is 9.90 Å². The van der Waals surface area contributed by atoms with Gasteiger partial charge in [-0.05, 0) is 49.3 Å². The number of benzene rings is 1. The minimum Gasteiger partial charge on any atom is -0.478 e. The van der Waals surface area contributed by atoms with Crippen molar-refractivity contribution in [2.75, 3.05) is 5.32 Å². The quantitative estimate of drug-likeness (QED) is 0.866. The van der Waals surface area contributed by atoms with Crippen LogP contribution in [0.1, 0.15) is 43.5 Å². The molecule has 1 aromatic rings. The Hall–Kier alpha value is -1.03. The lowest BCUT2D eigenvalue weighted by Gasteiger charge is -2.33. The molecule has 0 amide bonds. The van der Waals surface area contributed by atoms with Crippen molar-refractivity contribution in [2.45, 2.75) is 39.2 Å². The Labute approximate surface area is 122 Å². The molecule has 1 aromatic carbocycles. The standard InChI is InChI=1S/C15H20BrNO2/c1-9-5-10(2)7-12(6-9)17-14-4-3-11(16)8-13(14)15(18)19/h3-4,8-10,12,17H,5-7H2,1-2H3,(H,18,19). The molecule has 0 saturated heterocycles. The predicted octanol–water partition coefficient (Wildman–Crippen LogP) is 4.38. The van der Waals surface area contributed by atoms with Gasteiger partial charge in [0.1, 0.15) is 0 Å². The Morgan fingerprint density at radius 1 is 1.26 bits per heavy atom. The van der Waals surface area contributed by atoms with Gasteiger partial charge in [-0.3, -0.25) is 0 Å². The van der Waals surface area contributed by atoms with Gasteiger partial charge in [0.25, 0.3) is 0 Å². The van der Waals surface area contributed by atoms with Crippen LogP contribution in [0.3, 0.4) is 0 Å². The molecule has 19 heavy (non-hydrogen) atoms. The van der Waals surface area contributed by atoms with Crippen molar-refractivity contribution in [2.24, 2.45) is 11.8 Å². The summed E-state index contributed by atoms with van der Waals surface area (Å²) < 4.78 is 0.792. The van der Waals surface area contributed by atoms with Gasteiger partial charge in [0.2, 0.25) is 0 Å². The zero-order valence-corrected chi connectivity index (χ0v) is 12.9. The second-order valence-corrected chi connectivity index (χ2v) is 6.67. The van der Waals surface area contributed by atoms with E-state index < -0.39 is 5.97 Å². The van der Waals surface area contributed by atoms with Crippen molar-refractivity contribution in [1.29, 1.82) is 0 Å². The molecular formula is C15H20BrNO2. The van der Waals surface area contributed by atoms with Gasteiger partial charge in [-0.2, -0.15) is 0 Å². The molecule has 1 saturated carbocycles. The van der Waals surface area contributed by atoms with Gasteiger partial charge >= 0.3 is 5.97 Å². The van der Waals surface area contributed by atoms with E-state index in [2.05, 4.69) is 35.1 Å². The van der Waals surface area contributed by atoms with E-state index in [4.69, 9.17) is 0 Å². The van der Waals surface area contributed by atoms with E-state index in [1.807, 2.05) is 12.1 Å². The van der Waals surface area contributed by atoms with Crippen LogP contribution in [0.25, 0.3) is 0 Å². The number of aromatic carboxylic acids is 1. The number of halogens is 1. The molecule has 0 bridgehead atoms. The highest BCUT2D eigenvalue weighted by Gasteiger charge is 2.24. The zero-order chi connectivity index (χ0) is 14.0. The fraction of sp³-hybridized carbons (Fsp3) is 0.533. The molecule has 0 aromatic heterocycles. The van der Waals surface area contributed by atoms with Gasteiger partial charge in [-0.15, -0.1) is 0 Å². The van der Waals surface area contributed by atoms with Crippen molar-refractivity contribution in [3.8, 4) is 0 Å². The molecule has 1 aliphatic rings. The van der Waals surface area contributed by atoms with E-state index in [0.29, 0.717) is 23.4 Å². The van der Waals surface area contributed by atoms with Gasteiger partial charge in [-0.25, -0.2) is 4.79 Å². The highest BCUT2D eigenvalue weighted by molar-refractivity contribution is 9.10. The molecule has 1 fully saturated rings. The molecule has 104 valence electrons. The minimum absolute atomic E-state index is 0.334. The Morgan fingerprint density at radius 3 is 2.47 bits per heavy atom. The molecule has 2 N–H and O–H groups in total. The molecule has 2 atom stereocenters. The van der Waals surface area contributed by atoms with Gasteiger partial charge in [-0.1, -0.05) is 29.8 Å². The number of hydrogen-bond donors (Lipinski definition) is 2. The first-order chi connectivity index (χ1) is 8.95. The van der Waals surface area contributed by atoms with Crippen LogP contribution in [-0.2, 0) is 0 Å². The summed E-state index contributed by atoms with van der Waals surface area (Å²) in [5.41, 5.74) is 1.06. The van der Waals surface area contributed by atoms with Gasteiger partial charge < -0.3 is 10.4 Å². The summed E-state index contributed by atoms with van der Waals surface area (Å²) in [6, 6.07) is 5.75. The van der Waals surface area contributed by atoms with E-state index in [0.717, 1.165) is 23.0 Å². The monoisotopic (exact) mass is 325 g/mol. The molecular weight excluding hydrogens is 306 g/mol. The van der Waals surface area contributed by atoms with Gasteiger partial charge in [0.15, 0.2) is 0 Å². The van der Waals surface area contributed by atoms with Gasteiger partial charge in [0.05, 0.1) is 5.56 Å². The lowest BCUT2D eigenvalue weighted by atomic mass is 9.80. The van der Waals surface area contributed by atoms with E-state index in [-0.39, 0.29) is 0 Å². The molecule has 0 aliphatic heterocycles. The van der Waals surface area contributed by atoms with E-state index in [1.54, 1.807) is 6.07 Å². The number of carboxylic acids is 1. The Kier molecular flexibility index (Phi) is 4.50. The van der Waals surface area contributed by atoms with Crippen molar-refractivity contribution >= 4 is 27.6 Å². The SMILES string of the molecule is CC1CC(C)CC(Nc2ccc(Br)cc2C(=O)O)C1. The fourth-order valence-electron chi connectivity index (χ4n) is 3.10. The van der Waals surface area contributed by atoms with Crippen molar-refractivity contribution in [1.82, 2.24) is 0 Å². The average Bonchev–Trinajstić information content (AvgIpc) is 2.30. The van der Waals surface area contributed by atoms with Crippen LogP contribution in [0.5, 0.6) is 0 Å². The Bertz CT molecular complexity index is 465. The normalized spacial score (nSPS) is 27.0. The zero-order valence-electron chi connectivity index (χ0n) is 11.3. The van der Waals surface area contributed by atoms with Crippen molar-refractivity contribution in [3.05, 3.63) is 28.2 Å². The Balaban J connectivity index is 2.16. The molecule has 3 nitrogen and oxygen atoms in total. The summed E-state index contributed by atoms with van der Waals surface area (Å²) in [5, 5.41) is 12.7. The highest BCUT2D eigenvalue weighted by Crippen LogP contribution is 2.31. The first-order valence-electron chi connectivity index (χ1n) is 6.75. The maximum atomic E-state index is 11.3. The molecule has 2 rings (SSSR count). The smallest absolute Gasteiger partial charge is 0.337 e. The molecule has 0 heterocycles. The summed E-state index contributed by atoms with van der Waals surface area (Å²) in [4.78, 5) is 11.3. The summed E-state index contributed by atoms with van der Waals surface area (Å²) in [6.07, 6.45) is 3.49. The number of anilines is 1. The first kappa shape index (κ1) is 14.4. The minimum atomic E-state index is -0.888. The molecule has 1 aliphatic carbocycles. The number of nitrogens with one attached hydrogen (secondary N) is 1. The van der Waals surface area contributed by atoms with E-state index in [9.17, 15) is 9.90 Å². The number of rotatable bonds is 3. The topological polar surface area (TPSA) is 49.3 Å². The van der Waals surface area contributed by atoms with Crippen LogP contribution in [0.2, 0.25) is 0 Å². The first-order valence-corrected chi connectivity index (χ1v) is 7.54. The maximum Gasteiger partial charge on any atom is 0.337 e. The largest absolute Gasteiger partial charge is 0.478 e. The van der Waals surface area contributed by atoms with Crippen LogP contribution >= 0.6 is 15.9 Å². The molecule has 0 radical (unpaired) electrons. The fourth-order valence-corrected chi connectivity index (χ4v) is 3.47. The van der Waals surface area contributed by atoms with Crippen LogP contribution in [0, 0.1) is 11.8 Å². The summed E-state index contributed by atoms with van der Waals surface area (Å²) in [6.45, 7) is 4.54. The molecule has 0 spiro atoms. The number of hydrogen-bond acceptors (Lipinski definition) is 2. The molecule has 2 unspecified atom stereocenters. The maximum absolute atomic E-state index is 11.3. The van der Waals surface area contributed by atoms with Crippen LogP contribution < -0.4 is 5.32 Å².